The first kappa shape index (κ1) is 11.5. The van der Waals surface area contributed by atoms with Crippen LogP contribution >= 0.6 is 0 Å². The maximum atomic E-state index is 10.7. The zero-order valence-electron chi connectivity index (χ0n) is 9.30. The molecule has 0 amide bonds. The lowest BCUT2D eigenvalue weighted by atomic mass is 10.1. The molecule has 1 unspecified atom stereocenters. The molecule has 0 aliphatic carbocycles. The van der Waals surface area contributed by atoms with Crippen LogP contribution in [0.25, 0.3) is 0 Å². The second-order valence-electron chi connectivity index (χ2n) is 3.68. The molecule has 0 radical (unpaired) electrons. The number of hydrogen-bond acceptors (Lipinski definition) is 5. The minimum atomic E-state index is -1.04. The van der Waals surface area contributed by atoms with Gasteiger partial charge in [0.2, 0.25) is 12.5 Å². The molecule has 1 heterocycles. The van der Waals surface area contributed by atoms with Crippen LogP contribution in [0.5, 0.6) is 17.2 Å². The van der Waals surface area contributed by atoms with E-state index >= 15 is 0 Å². The zero-order chi connectivity index (χ0) is 12.4. The first-order chi connectivity index (χ1) is 8.11. The van der Waals surface area contributed by atoms with Crippen LogP contribution in [-0.2, 0) is 11.2 Å². The van der Waals surface area contributed by atoms with Gasteiger partial charge in [0.1, 0.15) is 6.04 Å². The van der Waals surface area contributed by atoms with Crippen molar-refractivity contribution < 1.29 is 24.1 Å². The summed E-state index contributed by atoms with van der Waals surface area (Å²) in [5.41, 5.74) is 6.21. The van der Waals surface area contributed by atoms with E-state index in [4.69, 9.17) is 25.1 Å². The number of carboxylic acids is 1. The summed E-state index contributed by atoms with van der Waals surface area (Å²) in [5.74, 6) is 0.575. The summed E-state index contributed by atoms with van der Waals surface area (Å²) in [6.45, 7) is 0.139. The van der Waals surface area contributed by atoms with E-state index in [2.05, 4.69) is 0 Å². The van der Waals surface area contributed by atoms with Crippen LogP contribution in [0.3, 0.4) is 0 Å². The molecule has 6 heteroatoms. The smallest absolute Gasteiger partial charge is 0.320 e. The highest BCUT2D eigenvalue weighted by Gasteiger charge is 2.21. The molecule has 0 saturated heterocycles. The SMILES string of the molecule is COc1cc(CC(N)C(=O)O)cc2c1OCO2. The number of carbonyl (C=O) groups is 1. The molecule has 1 aromatic rings. The summed E-state index contributed by atoms with van der Waals surface area (Å²) in [4.78, 5) is 10.7. The van der Waals surface area contributed by atoms with Gasteiger partial charge in [-0.2, -0.15) is 0 Å². The van der Waals surface area contributed by atoms with E-state index in [0.29, 0.717) is 17.2 Å². The van der Waals surface area contributed by atoms with Gasteiger partial charge in [-0.25, -0.2) is 0 Å². The minimum Gasteiger partial charge on any atom is -0.493 e. The molecular weight excluding hydrogens is 226 g/mol. The number of nitrogens with two attached hydrogens (primary N) is 1. The molecule has 1 atom stereocenters. The highest BCUT2D eigenvalue weighted by atomic mass is 16.7. The lowest BCUT2D eigenvalue weighted by molar-refractivity contribution is -0.138. The molecule has 6 nitrogen and oxygen atoms in total. The molecular formula is C11H13NO5. The predicted molar refractivity (Wildman–Crippen MR) is 58.4 cm³/mol. The highest BCUT2D eigenvalue weighted by Crippen LogP contribution is 2.41. The summed E-state index contributed by atoms with van der Waals surface area (Å²) in [5, 5.41) is 8.75. The predicted octanol–water partition coefficient (Wildman–Crippen LogP) is 0.378. The highest BCUT2D eigenvalue weighted by molar-refractivity contribution is 5.73. The molecule has 1 aliphatic rings. The zero-order valence-corrected chi connectivity index (χ0v) is 9.30. The van der Waals surface area contributed by atoms with Gasteiger partial charge in [-0.05, 0) is 24.1 Å². The van der Waals surface area contributed by atoms with Crippen molar-refractivity contribution in [2.45, 2.75) is 12.5 Å². The third-order valence-corrected chi connectivity index (χ3v) is 2.49. The molecule has 17 heavy (non-hydrogen) atoms. The average molecular weight is 239 g/mol. The largest absolute Gasteiger partial charge is 0.493 e. The van der Waals surface area contributed by atoms with E-state index in [1.165, 1.54) is 7.11 Å². The number of rotatable bonds is 4. The van der Waals surface area contributed by atoms with Crippen molar-refractivity contribution in [2.24, 2.45) is 5.73 Å². The van der Waals surface area contributed by atoms with Crippen molar-refractivity contribution in [1.29, 1.82) is 0 Å². The van der Waals surface area contributed by atoms with Gasteiger partial charge < -0.3 is 25.1 Å². The van der Waals surface area contributed by atoms with Crippen LogP contribution in [0.2, 0.25) is 0 Å². The molecule has 1 aliphatic heterocycles. The Hall–Kier alpha value is -1.95. The Morgan fingerprint density at radius 3 is 3.00 bits per heavy atom. The maximum absolute atomic E-state index is 10.7. The Morgan fingerprint density at radius 1 is 1.59 bits per heavy atom. The molecule has 0 bridgehead atoms. The number of carboxylic acid groups (broad SMARTS) is 1. The van der Waals surface area contributed by atoms with E-state index in [1.807, 2.05) is 0 Å². The number of fused-ring (bicyclic) bond motifs is 1. The Kier molecular flexibility index (Phi) is 3.06. The number of aliphatic carboxylic acids is 1. The van der Waals surface area contributed by atoms with Crippen LogP contribution in [0, 0.1) is 0 Å². The second kappa shape index (κ2) is 4.50. The standard InChI is InChI=1S/C11H13NO5/c1-15-8-3-6(2-7(12)11(13)14)4-9-10(8)17-5-16-9/h3-4,7H,2,5,12H2,1H3,(H,13,14). The lowest BCUT2D eigenvalue weighted by Gasteiger charge is -2.10. The van der Waals surface area contributed by atoms with Crippen LogP contribution in [0.1, 0.15) is 5.56 Å². The Morgan fingerprint density at radius 2 is 2.35 bits per heavy atom. The van der Waals surface area contributed by atoms with Crippen molar-refractivity contribution in [2.75, 3.05) is 13.9 Å². The fourth-order valence-corrected chi connectivity index (χ4v) is 1.64. The number of ether oxygens (including phenoxy) is 3. The van der Waals surface area contributed by atoms with Crippen LogP contribution in [0.4, 0.5) is 0 Å². The van der Waals surface area contributed by atoms with E-state index in [1.54, 1.807) is 12.1 Å². The monoisotopic (exact) mass is 239 g/mol. The number of methoxy groups -OCH3 is 1. The van der Waals surface area contributed by atoms with E-state index in [0.717, 1.165) is 5.56 Å². The summed E-state index contributed by atoms with van der Waals surface area (Å²) in [6, 6.07) is 2.48. The number of benzene rings is 1. The Labute approximate surface area is 97.9 Å². The Bertz CT molecular complexity index is 446. The van der Waals surface area contributed by atoms with Crippen molar-refractivity contribution in [1.82, 2.24) is 0 Å². The second-order valence-corrected chi connectivity index (χ2v) is 3.68. The van der Waals surface area contributed by atoms with Gasteiger partial charge >= 0.3 is 5.97 Å². The van der Waals surface area contributed by atoms with Gasteiger partial charge in [0, 0.05) is 0 Å². The molecule has 0 fully saturated rings. The van der Waals surface area contributed by atoms with E-state index in [-0.39, 0.29) is 13.2 Å². The summed E-state index contributed by atoms with van der Waals surface area (Å²) < 4.78 is 15.6. The number of hydrogen-bond donors (Lipinski definition) is 2. The quantitative estimate of drug-likeness (QED) is 0.789. The van der Waals surface area contributed by atoms with E-state index < -0.39 is 12.0 Å². The van der Waals surface area contributed by atoms with Gasteiger partial charge in [-0.15, -0.1) is 0 Å². The van der Waals surface area contributed by atoms with Crippen LogP contribution < -0.4 is 19.9 Å². The average Bonchev–Trinajstić information content (AvgIpc) is 2.75. The summed E-state index contributed by atoms with van der Waals surface area (Å²) in [7, 11) is 1.51. The third-order valence-electron chi connectivity index (χ3n) is 2.49. The molecule has 3 N–H and O–H groups in total. The molecule has 2 rings (SSSR count). The van der Waals surface area contributed by atoms with Gasteiger partial charge in [0.15, 0.2) is 11.5 Å². The fraction of sp³-hybridized carbons (Fsp3) is 0.364. The molecule has 92 valence electrons. The molecule has 0 aromatic heterocycles. The minimum absolute atomic E-state index is 0.139. The fourth-order valence-electron chi connectivity index (χ4n) is 1.64. The van der Waals surface area contributed by atoms with Gasteiger partial charge in [-0.1, -0.05) is 0 Å². The van der Waals surface area contributed by atoms with Crippen molar-refractivity contribution in [3.05, 3.63) is 17.7 Å². The first-order valence-corrected chi connectivity index (χ1v) is 5.06. The summed E-state index contributed by atoms with van der Waals surface area (Å²) in [6.07, 6.45) is 0.211. The van der Waals surface area contributed by atoms with Crippen LogP contribution in [0.15, 0.2) is 12.1 Å². The van der Waals surface area contributed by atoms with Crippen molar-refractivity contribution in [3.63, 3.8) is 0 Å². The van der Waals surface area contributed by atoms with Gasteiger partial charge in [0.25, 0.3) is 0 Å². The van der Waals surface area contributed by atoms with Crippen molar-refractivity contribution in [3.8, 4) is 17.2 Å². The van der Waals surface area contributed by atoms with Crippen LogP contribution in [-0.4, -0.2) is 31.0 Å². The lowest BCUT2D eigenvalue weighted by Crippen LogP contribution is -2.32. The topological polar surface area (TPSA) is 91.0 Å². The van der Waals surface area contributed by atoms with E-state index in [9.17, 15) is 4.79 Å². The first-order valence-electron chi connectivity index (χ1n) is 5.06. The summed E-state index contributed by atoms with van der Waals surface area (Å²) >= 11 is 0. The van der Waals surface area contributed by atoms with Gasteiger partial charge in [0.05, 0.1) is 7.11 Å². The molecule has 0 saturated carbocycles. The Balaban J connectivity index is 2.27. The molecule has 1 aromatic carbocycles. The van der Waals surface area contributed by atoms with Crippen molar-refractivity contribution >= 4 is 5.97 Å². The maximum Gasteiger partial charge on any atom is 0.320 e. The molecule has 0 spiro atoms. The normalized spacial score (nSPS) is 14.5. The third kappa shape index (κ3) is 2.26. The van der Waals surface area contributed by atoms with Gasteiger partial charge in [-0.3, -0.25) is 4.79 Å².